The second-order valence-electron chi connectivity index (χ2n) is 8.98. The second kappa shape index (κ2) is 7.25. The molecular weight excluding hydrogens is 422 g/mol. The van der Waals surface area contributed by atoms with E-state index in [0.29, 0.717) is 16.7 Å². The van der Waals surface area contributed by atoms with Gasteiger partial charge in [-0.1, -0.05) is 0 Å². The van der Waals surface area contributed by atoms with Gasteiger partial charge in [0.2, 0.25) is 0 Å². The molecule has 4 aromatic heterocycles. The number of fused-ring (bicyclic) bond motifs is 3. The fraction of sp³-hybridized carbons (Fsp3) is 0.391. The van der Waals surface area contributed by atoms with Gasteiger partial charge in [0.25, 0.3) is 5.91 Å². The van der Waals surface area contributed by atoms with E-state index in [1.165, 1.54) is 24.3 Å². The molecule has 6 heterocycles. The Morgan fingerprint density at radius 3 is 2.91 bits per heavy atom. The highest BCUT2D eigenvalue weighted by Crippen LogP contribution is 2.35. The van der Waals surface area contributed by atoms with Gasteiger partial charge in [0, 0.05) is 37.3 Å². The Hall–Kier alpha value is -3.04. The third-order valence-corrected chi connectivity index (χ3v) is 7.63. The first-order chi connectivity index (χ1) is 15.4. The summed E-state index contributed by atoms with van der Waals surface area (Å²) < 4.78 is 1.90. The number of aromatic nitrogens is 4. The summed E-state index contributed by atoms with van der Waals surface area (Å²) in [5, 5.41) is 3.93. The first-order valence-electron chi connectivity index (χ1n) is 10.9. The third-order valence-electron chi connectivity index (χ3n) is 6.58. The topological polar surface area (TPSA) is 78.7 Å². The second-order valence-corrected chi connectivity index (χ2v) is 10.0. The summed E-state index contributed by atoms with van der Waals surface area (Å²) >= 11 is 1.43. The van der Waals surface area contributed by atoms with E-state index in [1.54, 1.807) is 6.20 Å². The van der Waals surface area contributed by atoms with Crippen molar-refractivity contribution in [2.75, 3.05) is 36.9 Å². The smallest absolute Gasteiger partial charge is 0.267 e. The Morgan fingerprint density at radius 1 is 1.16 bits per heavy atom. The van der Waals surface area contributed by atoms with Crippen LogP contribution < -0.4 is 10.2 Å². The number of rotatable bonds is 3. The van der Waals surface area contributed by atoms with E-state index in [4.69, 9.17) is 4.98 Å². The molecule has 2 aliphatic rings. The summed E-state index contributed by atoms with van der Waals surface area (Å²) in [5.41, 5.74) is 2.50. The number of anilines is 2. The lowest BCUT2D eigenvalue weighted by atomic mass is 10.1. The van der Waals surface area contributed by atoms with Gasteiger partial charge < -0.3 is 19.5 Å². The summed E-state index contributed by atoms with van der Waals surface area (Å²) in [6.07, 6.45) is 4.95. The number of likely N-dealkylation sites (N-methyl/N-ethyl adjacent to an activating group) is 1. The van der Waals surface area contributed by atoms with Gasteiger partial charge in [0.1, 0.15) is 16.5 Å². The largest absolute Gasteiger partial charge is 0.352 e. The van der Waals surface area contributed by atoms with Crippen molar-refractivity contribution in [3.63, 3.8) is 0 Å². The van der Waals surface area contributed by atoms with Gasteiger partial charge in [-0.25, -0.2) is 15.0 Å². The van der Waals surface area contributed by atoms with Crippen molar-refractivity contribution in [3.8, 4) is 0 Å². The predicted molar refractivity (Wildman–Crippen MR) is 127 cm³/mol. The standard InChI is InChI=1S/C23H25N7OS/c1-13-9-29-12-19(25-14(2)21(29)24-13)26-22(31)18-8-15-4-5-20(27-23(15)32-18)30-7-6-16-10-28(3)11-17(16)30/h4-5,8-9,12,16-17H,6-7,10-11H2,1-3H3,(H,26,31)/t16-,17+/m1/s1. The quantitative estimate of drug-likeness (QED) is 0.519. The van der Waals surface area contributed by atoms with E-state index >= 15 is 0 Å². The summed E-state index contributed by atoms with van der Waals surface area (Å²) in [7, 11) is 2.19. The molecule has 1 amide bonds. The minimum Gasteiger partial charge on any atom is -0.352 e. The monoisotopic (exact) mass is 447 g/mol. The van der Waals surface area contributed by atoms with Crippen molar-refractivity contribution < 1.29 is 4.79 Å². The van der Waals surface area contributed by atoms with Crippen LogP contribution in [0.4, 0.5) is 11.6 Å². The highest BCUT2D eigenvalue weighted by molar-refractivity contribution is 7.20. The van der Waals surface area contributed by atoms with Crippen LogP contribution in [0.5, 0.6) is 0 Å². The average molecular weight is 448 g/mol. The fourth-order valence-electron chi connectivity index (χ4n) is 5.15. The number of amides is 1. The van der Waals surface area contributed by atoms with Crippen molar-refractivity contribution in [3.05, 3.63) is 46.9 Å². The normalized spacial score (nSPS) is 21.0. The van der Waals surface area contributed by atoms with E-state index in [0.717, 1.165) is 52.1 Å². The number of nitrogens with one attached hydrogen (secondary N) is 1. The van der Waals surface area contributed by atoms with Gasteiger partial charge >= 0.3 is 0 Å². The molecular formula is C23H25N7OS. The summed E-state index contributed by atoms with van der Waals surface area (Å²) in [6.45, 7) is 7.16. The zero-order valence-corrected chi connectivity index (χ0v) is 19.2. The maximum atomic E-state index is 13.0. The molecule has 2 fully saturated rings. The van der Waals surface area contributed by atoms with Crippen LogP contribution in [0.15, 0.2) is 30.6 Å². The molecule has 9 heteroatoms. The summed E-state index contributed by atoms with van der Waals surface area (Å²) in [4.78, 5) is 33.2. The Bertz CT molecular complexity index is 1360. The molecule has 0 aliphatic carbocycles. The molecule has 6 rings (SSSR count). The minimum absolute atomic E-state index is 0.170. The number of hydrogen-bond acceptors (Lipinski definition) is 7. The van der Waals surface area contributed by atoms with Crippen LogP contribution in [0.3, 0.4) is 0 Å². The molecule has 0 aromatic carbocycles. The molecule has 0 radical (unpaired) electrons. The Morgan fingerprint density at radius 2 is 2.03 bits per heavy atom. The van der Waals surface area contributed by atoms with Crippen molar-refractivity contribution in [1.29, 1.82) is 0 Å². The highest BCUT2D eigenvalue weighted by atomic mass is 32.1. The molecule has 164 valence electrons. The molecule has 4 aromatic rings. The molecule has 8 nitrogen and oxygen atoms in total. The van der Waals surface area contributed by atoms with Crippen LogP contribution in [0, 0.1) is 19.8 Å². The van der Waals surface area contributed by atoms with Crippen LogP contribution in [-0.2, 0) is 0 Å². The van der Waals surface area contributed by atoms with Crippen molar-refractivity contribution in [2.45, 2.75) is 26.3 Å². The minimum atomic E-state index is -0.170. The number of nitrogens with zero attached hydrogens (tertiary/aromatic N) is 6. The molecule has 0 saturated carbocycles. The van der Waals surface area contributed by atoms with E-state index < -0.39 is 0 Å². The third kappa shape index (κ3) is 3.23. The number of carbonyl (C=O) groups is 1. The Labute approximate surface area is 189 Å². The molecule has 2 saturated heterocycles. The number of imidazole rings is 1. The van der Waals surface area contributed by atoms with Crippen LogP contribution in [0.25, 0.3) is 15.9 Å². The van der Waals surface area contributed by atoms with Gasteiger partial charge in [-0.15, -0.1) is 11.3 Å². The lowest BCUT2D eigenvalue weighted by molar-refractivity contribution is 0.103. The fourth-order valence-corrected chi connectivity index (χ4v) is 6.07. The van der Waals surface area contributed by atoms with Crippen molar-refractivity contribution in [1.82, 2.24) is 24.3 Å². The molecule has 2 atom stereocenters. The number of aryl methyl sites for hydroxylation is 2. The number of thiophene rings is 1. The molecule has 1 N–H and O–H groups in total. The molecule has 0 unspecified atom stereocenters. The maximum Gasteiger partial charge on any atom is 0.267 e. The van der Waals surface area contributed by atoms with Crippen molar-refractivity contribution in [2.24, 2.45) is 5.92 Å². The molecule has 0 bridgehead atoms. The van der Waals surface area contributed by atoms with Crippen molar-refractivity contribution >= 4 is 44.7 Å². The zero-order valence-electron chi connectivity index (χ0n) is 18.4. The number of pyridine rings is 1. The number of hydrogen-bond donors (Lipinski definition) is 1. The van der Waals surface area contributed by atoms with E-state index in [1.807, 2.05) is 30.5 Å². The Kier molecular flexibility index (Phi) is 4.44. The lowest BCUT2D eigenvalue weighted by Gasteiger charge is -2.25. The molecule has 2 aliphatic heterocycles. The van der Waals surface area contributed by atoms with Crippen LogP contribution in [-0.4, -0.2) is 62.9 Å². The summed E-state index contributed by atoms with van der Waals surface area (Å²) in [6, 6.07) is 6.63. The average Bonchev–Trinajstić information content (AvgIpc) is 3.49. The van der Waals surface area contributed by atoms with E-state index in [-0.39, 0.29) is 5.91 Å². The first kappa shape index (κ1) is 19.6. The number of carbonyl (C=O) groups excluding carboxylic acids is 1. The van der Waals surface area contributed by atoms with Crippen LogP contribution in [0.1, 0.15) is 27.5 Å². The van der Waals surface area contributed by atoms with Gasteiger partial charge in [0.15, 0.2) is 5.65 Å². The zero-order chi connectivity index (χ0) is 22.0. The highest BCUT2D eigenvalue weighted by Gasteiger charge is 2.40. The van der Waals surface area contributed by atoms with Gasteiger partial charge in [-0.3, -0.25) is 4.79 Å². The molecule has 0 spiro atoms. The first-order valence-corrected chi connectivity index (χ1v) is 11.8. The maximum absolute atomic E-state index is 13.0. The predicted octanol–water partition coefficient (Wildman–Crippen LogP) is 3.35. The Balaban J connectivity index is 1.25. The van der Waals surface area contributed by atoms with Crippen LogP contribution >= 0.6 is 11.3 Å². The van der Waals surface area contributed by atoms with Gasteiger partial charge in [-0.05, 0) is 51.4 Å². The summed E-state index contributed by atoms with van der Waals surface area (Å²) in [5.74, 6) is 2.09. The lowest BCUT2D eigenvalue weighted by Crippen LogP contribution is -2.34. The SMILES string of the molecule is Cc1cn2cc(NC(=O)c3cc4ccc(N5CC[C@@H]6CN(C)C[C@@H]65)nc4s3)nc(C)c2n1. The van der Waals surface area contributed by atoms with E-state index in [9.17, 15) is 4.79 Å². The van der Waals surface area contributed by atoms with Crippen LogP contribution in [0.2, 0.25) is 0 Å². The van der Waals surface area contributed by atoms with Gasteiger partial charge in [-0.2, -0.15) is 0 Å². The van der Waals surface area contributed by atoms with E-state index in [2.05, 4.69) is 44.3 Å². The number of likely N-dealkylation sites (tertiary alicyclic amines) is 1. The van der Waals surface area contributed by atoms with Gasteiger partial charge in [0.05, 0.1) is 22.5 Å². The molecule has 32 heavy (non-hydrogen) atoms.